The third-order valence-electron chi connectivity index (χ3n) is 3.60. The predicted octanol–water partition coefficient (Wildman–Crippen LogP) is 3.61. The third kappa shape index (κ3) is 11.4. The van der Waals surface area contributed by atoms with Gasteiger partial charge in [-0.1, -0.05) is 37.3 Å². The van der Waals surface area contributed by atoms with Gasteiger partial charge in [0.15, 0.2) is 5.96 Å². The molecular formula is C18H32IN3O. The molecule has 0 saturated heterocycles. The Morgan fingerprint density at radius 3 is 2.57 bits per heavy atom. The van der Waals surface area contributed by atoms with E-state index in [0.717, 1.165) is 51.4 Å². The second-order valence-electron chi connectivity index (χ2n) is 5.51. The molecule has 0 aliphatic heterocycles. The van der Waals surface area contributed by atoms with E-state index >= 15 is 0 Å². The Morgan fingerprint density at radius 2 is 1.91 bits per heavy atom. The zero-order valence-electron chi connectivity index (χ0n) is 14.7. The first kappa shape index (κ1) is 22.2. The largest absolute Gasteiger partial charge is 0.381 e. The van der Waals surface area contributed by atoms with Crippen LogP contribution in [0.3, 0.4) is 0 Å². The van der Waals surface area contributed by atoms with Crippen LogP contribution in [0.15, 0.2) is 35.3 Å². The van der Waals surface area contributed by atoms with Crippen molar-refractivity contribution in [1.82, 2.24) is 10.6 Å². The quantitative estimate of drug-likeness (QED) is 0.257. The highest BCUT2D eigenvalue weighted by atomic mass is 127. The van der Waals surface area contributed by atoms with Crippen LogP contribution < -0.4 is 10.6 Å². The van der Waals surface area contributed by atoms with Crippen molar-refractivity contribution in [3.63, 3.8) is 0 Å². The van der Waals surface area contributed by atoms with E-state index in [0.29, 0.717) is 6.04 Å². The maximum atomic E-state index is 5.68. The molecule has 2 N–H and O–H groups in total. The van der Waals surface area contributed by atoms with E-state index in [-0.39, 0.29) is 24.0 Å². The molecule has 132 valence electrons. The van der Waals surface area contributed by atoms with Crippen LogP contribution in [0.4, 0.5) is 0 Å². The van der Waals surface area contributed by atoms with Gasteiger partial charge < -0.3 is 15.4 Å². The second-order valence-corrected chi connectivity index (χ2v) is 5.51. The van der Waals surface area contributed by atoms with Gasteiger partial charge in [0.05, 0.1) is 6.61 Å². The number of unbranched alkanes of at least 4 members (excludes halogenated alkanes) is 1. The van der Waals surface area contributed by atoms with Crippen molar-refractivity contribution < 1.29 is 4.74 Å². The number of hydrogen-bond donors (Lipinski definition) is 2. The number of guanidine groups is 1. The van der Waals surface area contributed by atoms with Crippen LogP contribution in [-0.2, 0) is 11.2 Å². The fourth-order valence-electron chi connectivity index (χ4n) is 2.00. The number of nitrogens with zero attached hydrogens (tertiary/aromatic N) is 1. The summed E-state index contributed by atoms with van der Waals surface area (Å²) < 4.78 is 5.68. The first-order valence-corrected chi connectivity index (χ1v) is 8.35. The fourth-order valence-corrected chi connectivity index (χ4v) is 2.00. The average molecular weight is 433 g/mol. The van der Waals surface area contributed by atoms with Crippen molar-refractivity contribution in [2.45, 2.75) is 45.6 Å². The Labute approximate surface area is 158 Å². The topological polar surface area (TPSA) is 45.7 Å². The average Bonchev–Trinajstić information content (AvgIpc) is 2.56. The molecule has 23 heavy (non-hydrogen) atoms. The number of aliphatic imine (C=N–C) groups is 1. The highest BCUT2D eigenvalue weighted by molar-refractivity contribution is 14.0. The highest BCUT2D eigenvalue weighted by Crippen LogP contribution is 2.00. The van der Waals surface area contributed by atoms with Gasteiger partial charge in [-0.2, -0.15) is 0 Å². The Kier molecular flexibility index (Phi) is 14.2. The van der Waals surface area contributed by atoms with Gasteiger partial charge in [-0.3, -0.25) is 4.99 Å². The number of nitrogens with one attached hydrogen (secondary N) is 2. The molecule has 0 aliphatic carbocycles. The van der Waals surface area contributed by atoms with Crippen LogP contribution in [0.25, 0.3) is 0 Å². The molecule has 0 amide bonds. The van der Waals surface area contributed by atoms with E-state index in [1.165, 1.54) is 5.56 Å². The smallest absolute Gasteiger partial charge is 0.191 e. The van der Waals surface area contributed by atoms with Crippen LogP contribution in [0, 0.1) is 0 Å². The maximum absolute atomic E-state index is 5.68. The molecule has 0 spiro atoms. The molecular weight excluding hydrogens is 401 g/mol. The number of halogens is 1. The van der Waals surface area contributed by atoms with Crippen LogP contribution in [0.2, 0.25) is 0 Å². The zero-order chi connectivity index (χ0) is 16.0. The number of benzene rings is 1. The van der Waals surface area contributed by atoms with E-state index in [2.05, 4.69) is 53.7 Å². The lowest BCUT2D eigenvalue weighted by atomic mass is 10.2. The van der Waals surface area contributed by atoms with E-state index in [9.17, 15) is 0 Å². The minimum absolute atomic E-state index is 0. The van der Waals surface area contributed by atoms with Crippen molar-refractivity contribution in [2.75, 3.05) is 26.8 Å². The minimum Gasteiger partial charge on any atom is -0.381 e. The normalized spacial score (nSPS) is 12.4. The molecule has 0 saturated carbocycles. The fraction of sp³-hybridized carbons (Fsp3) is 0.611. The first-order chi connectivity index (χ1) is 10.8. The van der Waals surface area contributed by atoms with Crippen molar-refractivity contribution in [3.05, 3.63) is 35.9 Å². The third-order valence-corrected chi connectivity index (χ3v) is 3.60. The van der Waals surface area contributed by atoms with Crippen LogP contribution in [0.5, 0.6) is 0 Å². The van der Waals surface area contributed by atoms with E-state index in [1.54, 1.807) is 0 Å². The molecule has 1 aromatic rings. The summed E-state index contributed by atoms with van der Waals surface area (Å²) in [5.41, 5.74) is 1.34. The van der Waals surface area contributed by atoms with Crippen molar-refractivity contribution in [1.29, 1.82) is 0 Å². The Hall–Kier alpha value is -0.820. The number of hydrogen-bond acceptors (Lipinski definition) is 2. The van der Waals surface area contributed by atoms with Crippen molar-refractivity contribution in [2.24, 2.45) is 4.99 Å². The van der Waals surface area contributed by atoms with Crippen LogP contribution >= 0.6 is 24.0 Å². The van der Waals surface area contributed by atoms with Gasteiger partial charge in [0, 0.05) is 26.2 Å². The molecule has 0 radical (unpaired) electrons. The molecule has 0 aromatic heterocycles. The maximum Gasteiger partial charge on any atom is 0.191 e. The van der Waals surface area contributed by atoms with Gasteiger partial charge in [-0.15, -0.1) is 24.0 Å². The SMILES string of the molecule is CCC(C)NC(=NC)NCCCCOCCc1ccccc1.I. The number of rotatable bonds is 10. The predicted molar refractivity (Wildman–Crippen MR) is 110 cm³/mol. The first-order valence-electron chi connectivity index (χ1n) is 8.35. The zero-order valence-corrected chi connectivity index (χ0v) is 17.0. The van der Waals surface area contributed by atoms with E-state index in [4.69, 9.17) is 4.74 Å². The van der Waals surface area contributed by atoms with Gasteiger partial charge in [-0.25, -0.2) is 0 Å². The Bertz CT molecular complexity index is 412. The highest BCUT2D eigenvalue weighted by Gasteiger charge is 2.01. The molecule has 0 heterocycles. The molecule has 1 rings (SSSR count). The lowest BCUT2D eigenvalue weighted by Gasteiger charge is -2.16. The summed E-state index contributed by atoms with van der Waals surface area (Å²) in [5.74, 6) is 0.888. The summed E-state index contributed by atoms with van der Waals surface area (Å²) in [7, 11) is 1.81. The standard InChI is InChI=1S/C18H31N3O.HI/c1-4-16(2)21-18(19-3)20-13-8-9-14-22-15-12-17-10-6-5-7-11-17;/h5-7,10-11,16H,4,8-9,12-15H2,1-3H3,(H2,19,20,21);1H. The summed E-state index contributed by atoms with van der Waals surface area (Å²) in [6.07, 6.45) is 4.25. The molecule has 0 bridgehead atoms. The minimum atomic E-state index is 0. The summed E-state index contributed by atoms with van der Waals surface area (Å²) in [6.45, 7) is 6.88. The van der Waals surface area contributed by atoms with Gasteiger partial charge >= 0.3 is 0 Å². The van der Waals surface area contributed by atoms with Gasteiger partial charge in [-0.05, 0) is 38.2 Å². The van der Waals surface area contributed by atoms with Gasteiger partial charge in [0.2, 0.25) is 0 Å². The van der Waals surface area contributed by atoms with Crippen molar-refractivity contribution in [3.8, 4) is 0 Å². The van der Waals surface area contributed by atoms with Crippen LogP contribution in [0.1, 0.15) is 38.7 Å². The number of ether oxygens (including phenoxy) is 1. The molecule has 4 nitrogen and oxygen atoms in total. The monoisotopic (exact) mass is 433 g/mol. The van der Waals surface area contributed by atoms with Crippen LogP contribution in [-0.4, -0.2) is 38.8 Å². The Balaban J connectivity index is 0.00000484. The summed E-state index contributed by atoms with van der Waals surface area (Å²) in [5, 5.41) is 6.69. The van der Waals surface area contributed by atoms with E-state index < -0.39 is 0 Å². The second kappa shape index (κ2) is 14.8. The molecule has 0 fully saturated rings. The lowest BCUT2D eigenvalue weighted by Crippen LogP contribution is -2.42. The summed E-state index contributed by atoms with van der Waals surface area (Å²) in [6, 6.07) is 10.9. The molecule has 5 heteroatoms. The summed E-state index contributed by atoms with van der Waals surface area (Å²) >= 11 is 0. The van der Waals surface area contributed by atoms with Crippen molar-refractivity contribution >= 4 is 29.9 Å². The molecule has 1 unspecified atom stereocenters. The molecule has 1 aromatic carbocycles. The van der Waals surface area contributed by atoms with Gasteiger partial charge in [0.1, 0.15) is 0 Å². The van der Waals surface area contributed by atoms with Gasteiger partial charge in [0.25, 0.3) is 0 Å². The lowest BCUT2D eigenvalue weighted by molar-refractivity contribution is 0.133. The molecule has 1 atom stereocenters. The summed E-state index contributed by atoms with van der Waals surface area (Å²) in [4.78, 5) is 4.22. The Morgan fingerprint density at radius 1 is 1.17 bits per heavy atom. The molecule has 0 aliphatic rings. The van der Waals surface area contributed by atoms with E-state index in [1.807, 2.05) is 13.1 Å².